The van der Waals surface area contributed by atoms with Gasteiger partial charge >= 0.3 is 6.18 Å². The van der Waals surface area contributed by atoms with Crippen LogP contribution in [0.1, 0.15) is 73.0 Å². The van der Waals surface area contributed by atoms with E-state index in [0.29, 0.717) is 34.0 Å². The lowest BCUT2D eigenvalue weighted by Crippen LogP contribution is -2.36. The fourth-order valence-corrected chi connectivity index (χ4v) is 6.20. The maximum Gasteiger partial charge on any atom is 0.435 e. The summed E-state index contributed by atoms with van der Waals surface area (Å²) in [7, 11) is 0. The Hall–Kier alpha value is -5.45. The second-order valence-electron chi connectivity index (χ2n) is 12.6. The molecule has 0 aliphatic carbocycles. The summed E-state index contributed by atoms with van der Waals surface area (Å²) >= 11 is 0. The van der Waals surface area contributed by atoms with Crippen LogP contribution in [0.2, 0.25) is 0 Å². The number of rotatable bonds is 8. The topological polar surface area (TPSA) is 76.7 Å². The van der Waals surface area contributed by atoms with E-state index in [0.717, 1.165) is 16.8 Å². The van der Waals surface area contributed by atoms with Crippen molar-refractivity contribution in [2.24, 2.45) is 0 Å². The molecule has 250 valence electrons. The maximum absolute atomic E-state index is 15.5. The Kier molecular flexibility index (Phi) is 8.34. The highest BCUT2D eigenvalue weighted by atomic mass is 19.4. The van der Waals surface area contributed by atoms with Crippen LogP contribution in [-0.4, -0.2) is 29.8 Å². The Bertz CT molecular complexity index is 2130. The number of aromatic nitrogens is 5. The number of hydrogen-bond acceptors (Lipinski definition) is 5. The minimum atomic E-state index is -4.68. The summed E-state index contributed by atoms with van der Waals surface area (Å²) in [6, 6.07) is 26.5. The predicted octanol–water partition coefficient (Wildman–Crippen LogP) is 8.56. The van der Waals surface area contributed by atoms with Crippen LogP contribution in [0, 0.1) is 11.6 Å². The van der Waals surface area contributed by atoms with Gasteiger partial charge in [-0.15, -0.1) is 0 Å². The molecule has 2 unspecified atom stereocenters. The number of para-hydroxylation sites is 1. The summed E-state index contributed by atoms with van der Waals surface area (Å²) in [5, 5.41) is 14.8. The molecule has 0 saturated heterocycles. The Labute approximate surface area is 280 Å². The average Bonchev–Trinajstić information content (AvgIpc) is 3.61. The van der Waals surface area contributed by atoms with Crippen LogP contribution in [0.15, 0.2) is 116 Å². The Morgan fingerprint density at radius 1 is 0.612 bits per heavy atom. The number of phenolic OH excluding ortho intramolecular Hbond substituents is 1. The number of pyridine rings is 3. The first-order chi connectivity index (χ1) is 23.2. The van der Waals surface area contributed by atoms with E-state index in [4.69, 9.17) is 9.97 Å². The second-order valence-corrected chi connectivity index (χ2v) is 12.6. The van der Waals surface area contributed by atoms with Gasteiger partial charge in [0.15, 0.2) is 5.69 Å². The highest BCUT2D eigenvalue weighted by Crippen LogP contribution is 2.42. The van der Waals surface area contributed by atoms with Crippen LogP contribution in [-0.2, 0) is 22.5 Å². The van der Waals surface area contributed by atoms with Crippen molar-refractivity contribution in [2.45, 2.75) is 50.2 Å². The van der Waals surface area contributed by atoms with Gasteiger partial charge in [-0.3, -0.25) is 19.6 Å². The van der Waals surface area contributed by atoms with Gasteiger partial charge in [0.25, 0.3) is 0 Å². The van der Waals surface area contributed by atoms with Gasteiger partial charge in [0.1, 0.15) is 22.9 Å². The molecule has 0 bridgehead atoms. The van der Waals surface area contributed by atoms with Gasteiger partial charge in [0.05, 0.1) is 33.9 Å². The van der Waals surface area contributed by atoms with Crippen LogP contribution in [0.3, 0.4) is 0 Å². The standard InChI is InChI=1S/C38H32F5N5O/c1-35(2,29-14-9-16-32(45-29)36(3,31-13-7-8-21-44-31)25-19-18-24(39)23-27(25)40)30-15-10-17-33(46-30)37(4,26-11-5-6-12-28(26)49)48-22-20-34(47-48)38(41,42)43/h5-23,49H,1-4H3. The molecule has 0 radical (unpaired) electrons. The minimum Gasteiger partial charge on any atom is -0.508 e. The highest BCUT2D eigenvalue weighted by Gasteiger charge is 2.41. The number of halogens is 5. The molecule has 6 aromatic rings. The first-order valence-corrected chi connectivity index (χ1v) is 15.4. The first kappa shape index (κ1) is 33.5. The molecule has 0 spiro atoms. The maximum atomic E-state index is 15.5. The molecule has 6 nitrogen and oxygen atoms in total. The van der Waals surface area contributed by atoms with E-state index >= 15 is 4.39 Å². The molecular formula is C38H32F5N5O. The van der Waals surface area contributed by atoms with Crippen molar-refractivity contribution in [1.29, 1.82) is 0 Å². The third kappa shape index (κ3) is 5.83. The van der Waals surface area contributed by atoms with Gasteiger partial charge in [-0.1, -0.05) is 42.5 Å². The zero-order chi connectivity index (χ0) is 35.2. The van der Waals surface area contributed by atoms with Gasteiger partial charge in [-0.25, -0.2) is 8.78 Å². The molecule has 0 aliphatic rings. The molecule has 6 rings (SSSR count). The molecular weight excluding hydrogens is 637 g/mol. The van der Waals surface area contributed by atoms with Crippen molar-refractivity contribution in [2.75, 3.05) is 0 Å². The minimum absolute atomic E-state index is 0.142. The molecule has 49 heavy (non-hydrogen) atoms. The average molecular weight is 670 g/mol. The van der Waals surface area contributed by atoms with E-state index in [9.17, 15) is 22.7 Å². The molecule has 4 heterocycles. The Balaban J connectivity index is 1.49. The first-order valence-electron chi connectivity index (χ1n) is 15.4. The lowest BCUT2D eigenvalue weighted by Gasteiger charge is -2.33. The monoisotopic (exact) mass is 669 g/mol. The van der Waals surface area contributed by atoms with Gasteiger partial charge < -0.3 is 5.11 Å². The molecule has 0 saturated carbocycles. The van der Waals surface area contributed by atoms with E-state index < -0.39 is 39.9 Å². The number of nitrogens with zero attached hydrogens (tertiary/aromatic N) is 5. The number of benzene rings is 2. The smallest absolute Gasteiger partial charge is 0.435 e. The van der Waals surface area contributed by atoms with E-state index in [1.54, 1.807) is 86.8 Å². The predicted molar refractivity (Wildman–Crippen MR) is 174 cm³/mol. The van der Waals surface area contributed by atoms with E-state index in [2.05, 4.69) is 10.1 Å². The number of aromatic hydroxyl groups is 1. The van der Waals surface area contributed by atoms with Crippen molar-refractivity contribution in [3.8, 4) is 5.75 Å². The van der Waals surface area contributed by atoms with Crippen molar-refractivity contribution < 1.29 is 27.1 Å². The summed E-state index contributed by atoms with van der Waals surface area (Å²) < 4.78 is 71.6. The molecule has 2 aromatic carbocycles. The zero-order valence-electron chi connectivity index (χ0n) is 27.0. The fraction of sp³-hybridized carbons (Fsp3) is 0.211. The summed E-state index contributed by atoms with van der Waals surface area (Å²) in [5.41, 5.74) is -1.85. The van der Waals surface area contributed by atoms with Crippen molar-refractivity contribution in [1.82, 2.24) is 24.7 Å². The van der Waals surface area contributed by atoms with Crippen LogP contribution in [0.25, 0.3) is 0 Å². The summed E-state index contributed by atoms with van der Waals surface area (Å²) in [6.07, 6.45) is -1.87. The third-order valence-corrected chi connectivity index (χ3v) is 9.20. The molecule has 2 atom stereocenters. The summed E-state index contributed by atoms with van der Waals surface area (Å²) in [4.78, 5) is 14.5. The SMILES string of the molecule is CC(C)(c1cccc(C(C)(c2ccccn2)c2ccc(F)cc2F)n1)c1cccc(C(C)(c2ccccc2O)n2ccc(C(F)(F)F)n2)n1. The van der Waals surface area contributed by atoms with Crippen LogP contribution in [0.5, 0.6) is 5.75 Å². The van der Waals surface area contributed by atoms with Crippen LogP contribution >= 0.6 is 0 Å². The molecule has 0 aliphatic heterocycles. The van der Waals surface area contributed by atoms with Crippen molar-refractivity contribution in [3.63, 3.8) is 0 Å². The lowest BCUT2D eigenvalue weighted by atomic mass is 9.75. The quantitative estimate of drug-likeness (QED) is 0.164. The Morgan fingerprint density at radius 3 is 1.84 bits per heavy atom. The van der Waals surface area contributed by atoms with Crippen molar-refractivity contribution in [3.05, 3.63) is 172 Å². The summed E-state index contributed by atoms with van der Waals surface area (Å²) in [5.74, 6) is -1.60. The molecule has 0 amide bonds. The zero-order valence-corrected chi connectivity index (χ0v) is 27.0. The van der Waals surface area contributed by atoms with Crippen LogP contribution < -0.4 is 0 Å². The van der Waals surface area contributed by atoms with E-state index in [1.807, 2.05) is 19.9 Å². The van der Waals surface area contributed by atoms with Crippen molar-refractivity contribution >= 4 is 0 Å². The molecule has 1 N–H and O–H groups in total. The molecule has 0 fully saturated rings. The van der Waals surface area contributed by atoms with Gasteiger partial charge in [-0.05, 0) is 82.3 Å². The number of phenols is 1. The Morgan fingerprint density at radius 2 is 1.22 bits per heavy atom. The number of alkyl halides is 3. The van der Waals surface area contributed by atoms with Gasteiger partial charge in [-0.2, -0.15) is 18.3 Å². The fourth-order valence-electron chi connectivity index (χ4n) is 6.20. The highest BCUT2D eigenvalue weighted by molar-refractivity contribution is 5.47. The third-order valence-electron chi connectivity index (χ3n) is 9.20. The van der Waals surface area contributed by atoms with Crippen LogP contribution in [0.4, 0.5) is 22.0 Å². The second kappa shape index (κ2) is 12.2. The van der Waals surface area contributed by atoms with Gasteiger partial charge in [0.2, 0.25) is 0 Å². The normalized spacial score (nSPS) is 14.6. The van der Waals surface area contributed by atoms with E-state index in [-0.39, 0.29) is 11.3 Å². The lowest BCUT2D eigenvalue weighted by molar-refractivity contribution is -0.141. The van der Waals surface area contributed by atoms with Gasteiger partial charge in [0, 0.05) is 35.0 Å². The number of hydrogen-bond donors (Lipinski definition) is 1. The largest absolute Gasteiger partial charge is 0.508 e. The molecule has 4 aromatic heterocycles. The van der Waals surface area contributed by atoms with E-state index in [1.165, 1.54) is 24.4 Å². The molecule has 11 heteroatoms. The summed E-state index contributed by atoms with van der Waals surface area (Å²) in [6.45, 7) is 7.22.